The average molecular weight is 342 g/mol. The largest absolute Gasteiger partial charge is 0.322 e. The van der Waals surface area contributed by atoms with Crippen molar-refractivity contribution in [2.24, 2.45) is 0 Å². The van der Waals surface area contributed by atoms with E-state index in [1.54, 1.807) is 18.2 Å². The fourth-order valence-electron chi connectivity index (χ4n) is 2.47. The Labute approximate surface area is 140 Å². The molecular formula is C18H18N2O3S. The molecule has 1 heterocycles. The number of sulfonamides is 1. The summed E-state index contributed by atoms with van der Waals surface area (Å²) < 4.78 is 27.4. The summed E-state index contributed by atoms with van der Waals surface area (Å²) in [5.41, 5.74) is 2.66. The Morgan fingerprint density at radius 2 is 1.75 bits per heavy atom. The molecule has 3 aromatic rings. The maximum atomic E-state index is 12.4. The molecule has 0 amide bonds. The molecule has 0 aliphatic heterocycles. The molecular weight excluding hydrogens is 324 g/mol. The van der Waals surface area contributed by atoms with Crippen LogP contribution in [-0.4, -0.2) is 19.9 Å². The molecule has 2 N–H and O–H groups in total. The Hall–Kier alpha value is -2.44. The van der Waals surface area contributed by atoms with Gasteiger partial charge in [-0.15, -0.1) is 0 Å². The minimum Gasteiger partial charge on any atom is -0.322 e. The maximum absolute atomic E-state index is 12.4. The van der Waals surface area contributed by atoms with Crippen molar-refractivity contribution < 1.29 is 8.42 Å². The van der Waals surface area contributed by atoms with E-state index in [-0.39, 0.29) is 10.5 Å². The van der Waals surface area contributed by atoms with Gasteiger partial charge in [0.15, 0.2) is 0 Å². The molecule has 2 aromatic carbocycles. The summed E-state index contributed by atoms with van der Waals surface area (Å²) in [6.45, 7) is 2.34. The molecule has 0 radical (unpaired) electrons. The normalized spacial score (nSPS) is 11.7. The highest BCUT2D eigenvalue weighted by Gasteiger charge is 2.14. The highest BCUT2D eigenvalue weighted by atomic mass is 32.2. The Balaban J connectivity index is 1.74. The fourth-order valence-corrected chi connectivity index (χ4v) is 3.53. The summed E-state index contributed by atoms with van der Waals surface area (Å²) >= 11 is 0. The summed E-state index contributed by atoms with van der Waals surface area (Å²) in [4.78, 5) is 14.1. The third kappa shape index (κ3) is 3.72. The zero-order chi connectivity index (χ0) is 17.2. The van der Waals surface area contributed by atoms with Gasteiger partial charge in [-0.05, 0) is 48.6 Å². The SMILES string of the molecule is Cc1ccc(CCNS(=O)(=O)c2ccc3[nH]c(=O)ccc3c2)cc1. The molecule has 0 atom stereocenters. The third-order valence-electron chi connectivity index (χ3n) is 3.83. The van der Waals surface area contributed by atoms with Crippen LogP contribution < -0.4 is 10.3 Å². The van der Waals surface area contributed by atoms with Crippen molar-refractivity contribution in [2.45, 2.75) is 18.2 Å². The minimum atomic E-state index is -3.58. The average Bonchev–Trinajstić information content (AvgIpc) is 2.56. The first-order valence-electron chi connectivity index (χ1n) is 7.62. The molecule has 124 valence electrons. The second-order valence-corrected chi connectivity index (χ2v) is 7.47. The molecule has 3 rings (SSSR count). The lowest BCUT2D eigenvalue weighted by molar-refractivity contribution is 0.582. The van der Waals surface area contributed by atoms with Crippen LogP contribution in [0.25, 0.3) is 10.9 Å². The lowest BCUT2D eigenvalue weighted by Crippen LogP contribution is -2.26. The Kier molecular flexibility index (Phi) is 4.51. The van der Waals surface area contributed by atoms with Crippen molar-refractivity contribution in [3.8, 4) is 0 Å². The van der Waals surface area contributed by atoms with E-state index >= 15 is 0 Å². The van der Waals surface area contributed by atoms with Gasteiger partial charge in [0.05, 0.1) is 4.90 Å². The summed E-state index contributed by atoms with van der Waals surface area (Å²) in [6.07, 6.45) is 0.625. The van der Waals surface area contributed by atoms with Crippen LogP contribution in [0.3, 0.4) is 0 Å². The maximum Gasteiger partial charge on any atom is 0.248 e. The van der Waals surface area contributed by atoms with Gasteiger partial charge < -0.3 is 4.98 Å². The monoisotopic (exact) mass is 342 g/mol. The number of benzene rings is 2. The van der Waals surface area contributed by atoms with E-state index in [1.165, 1.54) is 17.7 Å². The molecule has 0 unspecified atom stereocenters. The van der Waals surface area contributed by atoms with Crippen molar-refractivity contribution in [3.63, 3.8) is 0 Å². The summed E-state index contributed by atoms with van der Waals surface area (Å²) in [7, 11) is -3.58. The smallest absolute Gasteiger partial charge is 0.248 e. The van der Waals surface area contributed by atoms with Gasteiger partial charge in [0.1, 0.15) is 0 Å². The van der Waals surface area contributed by atoms with Crippen LogP contribution in [0.5, 0.6) is 0 Å². The van der Waals surface area contributed by atoms with E-state index in [0.29, 0.717) is 23.9 Å². The first-order valence-corrected chi connectivity index (χ1v) is 9.11. The van der Waals surface area contributed by atoms with Gasteiger partial charge in [-0.2, -0.15) is 0 Å². The van der Waals surface area contributed by atoms with Crippen LogP contribution in [0.4, 0.5) is 0 Å². The predicted molar refractivity (Wildman–Crippen MR) is 94.6 cm³/mol. The van der Waals surface area contributed by atoms with Crippen molar-refractivity contribution in [1.29, 1.82) is 0 Å². The second kappa shape index (κ2) is 6.59. The van der Waals surface area contributed by atoms with E-state index in [9.17, 15) is 13.2 Å². The number of hydrogen-bond acceptors (Lipinski definition) is 3. The second-order valence-electron chi connectivity index (χ2n) is 5.71. The lowest BCUT2D eigenvalue weighted by Gasteiger charge is -2.08. The molecule has 5 nitrogen and oxygen atoms in total. The zero-order valence-corrected chi connectivity index (χ0v) is 14.1. The van der Waals surface area contributed by atoms with Gasteiger partial charge in [0.2, 0.25) is 15.6 Å². The van der Waals surface area contributed by atoms with Crippen LogP contribution in [-0.2, 0) is 16.4 Å². The first kappa shape index (κ1) is 16.4. The van der Waals surface area contributed by atoms with E-state index in [2.05, 4.69) is 9.71 Å². The number of nitrogens with one attached hydrogen (secondary N) is 2. The first-order chi connectivity index (χ1) is 11.4. The molecule has 0 saturated heterocycles. The van der Waals surface area contributed by atoms with Crippen LogP contribution in [0, 0.1) is 6.92 Å². The summed E-state index contributed by atoms with van der Waals surface area (Å²) in [5.74, 6) is 0. The zero-order valence-electron chi connectivity index (χ0n) is 13.2. The number of aromatic nitrogens is 1. The van der Waals surface area contributed by atoms with E-state index < -0.39 is 10.0 Å². The van der Waals surface area contributed by atoms with E-state index in [0.717, 1.165) is 5.56 Å². The Morgan fingerprint density at radius 1 is 1.00 bits per heavy atom. The number of aromatic amines is 1. The standard InChI is InChI=1S/C18H18N2O3S/c1-13-2-4-14(5-3-13)10-11-19-24(22,23)16-7-8-17-15(12-16)6-9-18(21)20-17/h2-9,12,19H,10-11H2,1H3,(H,20,21). The highest BCUT2D eigenvalue weighted by Crippen LogP contribution is 2.16. The number of pyridine rings is 1. The highest BCUT2D eigenvalue weighted by molar-refractivity contribution is 7.89. The molecule has 0 saturated carbocycles. The predicted octanol–water partition coefficient (Wildman–Crippen LogP) is 2.36. The molecule has 0 aliphatic rings. The molecule has 24 heavy (non-hydrogen) atoms. The third-order valence-corrected chi connectivity index (χ3v) is 5.29. The molecule has 0 spiro atoms. The van der Waals surface area contributed by atoms with E-state index in [1.807, 2.05) is 31.2 Å². The molecule has 1 aromatic heterocycles. The van der Waals surface area contributed by atoms with Crippen molar-refractivity contribution in [3.05, 3.63) is 76.1 Å². The lowest BCUT2D eigenvalue weighted by atomic mass is 10.1. The Bertz CT molecular complexity index is 1020. The van der Waals surface area contributed by atoms with Crippen molar-refractivity contribution in [2.75, 3.05) is 6.54 Å². The van der Waals surface area contributed by atoms with Crippen LogP contribution in [0.2, 0.25) is 0 Å². The van der Waals surface area contributed by atoms with Gasteiger partial charge in [-0.1, -0.05) is 29.8 Å². The van der Waals surface area contributed by atoms with Crippen molar-refractivity contribution in [1.82, 2.24) is 9.71 Å². The molecule has 6 heteroatoms. The quantitative estimate of drug-likeness (QED) is 0.747. The number of aryl methyl sites for hydroxylation is 1. The molecule has 0 bridgehead atoms. The summed E-state index contributed by atoms with van der Waals surface area (Å²) in [6, 6.07) is 15.6. The number of hydrogen-bond donors (Lipinski definition) is 2. The van der Waals surface area contributed by atoms with E-state index in [4.69, 9.17) is 0 Å². The van der Waals surface area contributed by atoms with Crippen molar-refractivity contribution >= 4 is 20.9 Å². The van der Waals surface area contributed by atoms with Crippen LogP contribution in [0.1, 0.15) is 11.1 Å². The fraction of sp³-hybridized carbons (Fsp3) is 0.167. The van der Waals surface area contributed by atoms with Gasteiger partial charge in [-0.3, -0.25) is 4.79 Å². The minimum absolute atomic E-state index is 0.186. The van der Waals surface area contributed by atoms with Gasteiger partial charge >= 0.3 is 0 Å². The van der Waals surface area contributed by atoms with Gasteiger partial charge in [-0.25, -0.2) is 13.1 Å². The topological polar surface area (TPSA) is 79.0 Å². The van der Waals surface area contributed by atoms with Crippen LogP contribution in [0.15, 0.2) is 64.3 Å². The molecule has 0 aliphatic carbocycles. The summed E-state index contributed by atoms with van der Waals surface area (Å²) in [5, 5.41) is 0.677. The van der Waals surface area contributed by atoms with Gasteiger partial charge in [0.25, 0.3) is 0 Å². The Morgan fingerprint density at radius 3 is 2.50 bits per heavy atom. The van der Waals surface area contributed by atoms with Crippen LogP contribution >= 0.6 is 0 Å². The number of H-pyrrole nitrogens is 1. The van der Waals surface area contributed by atoms with Gasteiger partial charge in [0, 0.05) is 18.1 Å². The number of fused-ring (bicyclic) bond motifs is 1. The number of rotatable bonds is 5. The molecule has 0 fully saturated rings.